The molecule has 0 bridgehead atoms. The van der Waals surface area contributed by atoms with Crippen LogP contribution in [-0.4, -0.2) is 46.6 Å². The lowest BCUT2D eigenvalue weighted by atomic mass is 9.99. The Labute approximate surface area is 117 Å². The molecule has 1 fully saturated rings. The second-order valence-electron chi connectivity index (χ2n) is 5.05. The van der Waals surface area contributed by atoms with E-state index in [4.69, 9.17) is 16.7 Å². The van der Waals surface area contributed by atoms with Gasteiger partial charge >= 0.3 is 5.97 Å². The minimum atomic E-state index is -1.04. The molecular weight excluding hydrogens is 266 g/mol. The summed E-state index contributed by atoms with van der Waals surface area (Å²) in [6, 6.07) is 2.33. The number of hydrogen-bond acceptors (Lipinski definition) is 4. The van der Waals surface area contributed by atoms with E-state index in [-0.39, 0.29) is 10.6 Å². The van der Waals surface area contributed by atoms with E-state index in [9.17, 15) is 4.79 Å². The maximum atomic E-state index is 11.0. The Bertz CT molecular complexity index is 481. The van der Waals surface area contributed by atoms with Gasteiger partial charge in [-0.1, -0.05) is 11.6 Å². The molecule has 2 rings (SSSR count). The Hall–Kier alpha value is -1.33. The number of piperidine rings is 1. The summed E-state index contributed by atoms with van der Waals surface area (Å²) in [5.41, 5.74) is 0.0835. The number of anilines is 1. The quantitative estimate of drug-likeness (QED) is 0.891. The van der Waals surface area contributed by atoms with Gasteiger partial charge in [-0.15, -0.1) is 0 Å². The van der Waals surface area contributed by atoms with E-state index in [0.717, 1.165) is 19.4 Å². The fraction of sp³-hybridized carbons (Fsp3) is 0.538. The van der Waals surface area contributed by atoms with Gasteiger partial charge in [-0.05, 0) is 32.9 Å². The Morgan fingerprint density at radius 1 is 1.63 bits per heavy atom. The molecule has 2 heterocycles. The lowest BCUT2D eigenvalue weighted by Crippen LogP contribution is -2.42. The van der Waals surface area contributed by atoms with Crippen LogP contribution in [0.5, 0.6) is 0 Å². The topological polar surface area (TPSA) is 65.5 Å². The van der Waals surface area contributed by atoms with Crippen molar-refractivity contribution < 1.29 is 9.90 Å². The van der Waals surface area contributed by atoms with E-state index >= 15 is 0 Å². The van der Waals surface area contributed by atoms with Gasteiger partial charge in [0.1, 0.15) is 5.82 Å². The molecule has 1 aromatic rings. The van der Waals surface area contributed by atoms with Crippen molar-refractivity contribution in [1.29, 1.82) is 0 Å². The van der Waals surface area contributed by atoms with Crippen LogP contribution in [0.1, 0.15) is 30.1 Å². The summed E-state index contributed by atoms with van der Waals surface area (Å²) in [6.45, 7) is 3.21. The summed E-state index contributed by atoms with van der Waals surface area (Å²) in [5.74, 6) is -0.462. The predicted octanol–water partition coefficient (Wildman–Crippen LogP) is 2.33. The van der Waals surface area contributed by atoms with Gasteiger partial charge in [-0.3, -0.25) is 0 Å². The molecule has 0 aromatic carbocycles. The molecule has 0 radical (unpaired) electrons. The molecule has 0 spiro atoms. The highest BCUT2D eigenvalue weighted by molar-refractivity contribution is 6.33. The first-order chi connectivity index (χ1) is 8.97. The molecule has 5 nitrogen and oxygen atoms in total. The number of aromatic carboxylic acids is 1. The van der Waals surface area contributed by atoms with E-state index in [1.54, 1.807) is 0 Å². The molecule has 1 saturated heterocycles. The van der Waals surface area contributed by atoms with Crippen molar-refractivity contribution in [2.45, 2.75) is 31.8 Å². The number of nitrogens with zero attached hydrogens (tertiary/aromatic N) is 2. The number of aromatic nitrogens is 1. The van der Waals surface area contributed by atoms with Crippen molar-refractivity contribution in [2.75, 3.05) is 18.9 Å². The van der Waals surface area contributed by atoms with Crippen molar-refractivity contribution in [3.63, 3.8) is 0 Å². The van der Waals surface area contributed by atoms with Crippen LogP contribution in [0.25, 0.3) is 0 Å². The first-order valence-electron chi connectivity index (χ1n) is 6.33. The van der Waals surface area contributed by atoms with E-state index in [1.807, 2.05) is 0 Å². The van der Waals surface area contributed by atoms with Gasteiger partial charge in [0, 0.05) is 24.8 Å². The summed E-state index contributed by atoms with van der Waals surface area (Å²) in [5, 5.41) is 12.5. The SMILES string of the molecule is CC1CC(Nc2cc(C(=O)O)c(Cl)cn2)CCN1C. The molecule has 2 N–H and O–H groups in total. The Morgan fingerprint density at radius 2 is 2.37 bits per heavy atom. The van der Waals surface area contributed by atoms with Gasteiger partial charge in [0.05, 0.1) is 10.6 Å². The van der Waals surface area contributed by atoms with Crippen LogP contribution >= 0.6 is 11.6 Å². The number of halogens is 1. The summed E-state index contributed by atoms with van der Waals surface area (Å²) >= 11 is 5.80. The second kappa shape index (κ2) is 5.75. The largest absolute Gasteiger partial charge is 0.478 e. The zero-order valence-electron chi connectivity index (χ0n) is 11.1. The number of hydrogen-bond donors (Lipinski definition) is 2. The smallest absolute Gasteiger partial charge is 0.337 e. The van der Waals surface area contributed by atoms with E-state index in [2.05, 4.69) is 29.2 Å². The minimum absolute atomic E-state index is 0.0835. The third-order valence-electron chi connectivity index (χ3n) is 3.65. The lowest BCUT2D eigenvalue weighted by Gasteiger charge is -2.35. The number of carboxylic acid groups (broad SMARTS) is 1. The van der Waals surface area contributed by atoms with Gasteiger partial charge in [0.2, 0.25) is 0 Å². The second-order valence-corrected chi connectivity index (χ2v) is 5.46. The van der Waals surface area contributed by atoms with Crippen molar-refractivity contribution in [3.05, 3.63) is 22.8 Å². The molecule has 104 valence electrons. The van der Waals surface area contributed by atoms with Gasteiger partial charge in [-0.25, -0.2) is 9.78 Å². The van der Waals surface area contributed by atoms with Crippen molar-refractivity contribution in [3.8, 4) is 0 Å². The standard InChI is InChI=1S/C13H18ClN3O2/c1-8-5-9(3-4-17(8)2)16-12-6-10(13(18)19)11(14)7-15-12/h6-9H,3-5H2,1-2H3,(H,15,16)(H,18,19). The summed E-state index contributed by atoms with van der Waals surface area (Å²) < 4.78 is 0. The molecule has 0 saturated carbocycles. The molecule has 19 heavy (non-hydrogen) atoms. The molecule has 1 aliphatic rings. The lowest BCUT2D eigenvalue weighted by molar-refractivity contribution is 0.0697. The van der Waals surface area contributed by atoms with Crippen molar-refractivity contribution in [2.24, 2.45) is 0 Å². The molecular formula is C13H18ClN3O2. The Morgan fingerprint density at radius 3 is 3.00 bits per heavy atom. The molecule has 1 aliphatic heterocycles. The van der Waals surface area contributed by atoms with Gasteiger partial charge in [0.25, 0.3) is 0 Å². The van der Waals surface area contributed by atoms with Crippen LogP contribution in [0.15, 0.2) is 12.3 Å². The van der Waals surface area contributed by atoms with Crippen molar-refractivity contribution >= 4 is 23.4 Å². The zero-order valence-corrected chi connectivity index (χ0v) is 11.8. The first kappa shape index (κ1) is 14.1. The summed E-state index contributed by atoms with van der Waals surface area (Å²) in [7, 11) is 2.12. The van der Waals surface area contributed by atoms with Crippen LogP contribution in [0.3, 0.4) is 0 Å². The van der Waals surface area contributed by atoms with E-state index < -0.39 is 5.97 Å². The van der Waals surface area contributed by atoms with Gasteiger partial charge < -0.3 is 15.3 Å². The number of likely N-dealkylation sites (tertiary alicyclic amines) is 1. The average molecular weight is 284 g/mol. The fourth-order valence-corrected chi connectivity index (χ4v) is 2.50. The maximum Gasteiger partial charge on any atom is 0.337 e. The minimum Gasteiger partial charge on any atom is -0.478 e. The molecule has 0 amide bonds. The van der Waals surface area contributed by atoms with Crippen LogP contribution in [0.2, 0.25) is 5.02 Å². The highest BCUT2D eigenvalue weighted by Crippen LogP contribution is 2.22. The summed E-state index contributed by atoms with van der Waals surface area (Å²) in [6.07, 6.45) is 3.42. The highest BCUT2D eigenvalue weighted by atomic mass is 35.5. The number of pyridine rings is 1. The number of rotatable bonds is 3. The van der Waals surface area contributed by atoms with E-state index in [0.29, 0.717) is 17.9 Å². The maximum absolute atomic E-state index is 11.0. The number of nitrogens with one attached hydrogen (secondary N) is 1. The third-order valence-corrected chi connectivity index (χ3v) is 3.95. The molecule has 0 aliphatic carbocycles. The predicted molar refractivity (Wildman–Crippen MR) is 74.9 cm³/mol. The van der Waals surface area contributed by atoms with Crippen LogP contribution < -0.4 is 5.32 Å². The van der Waals surface area contributed by atoms with Gasteiger partial charge in [-0.2, -0.15) is 0 Å². The highest BCUT2D eigenvalue weighted by Gasteiger charge is 2.23. The number of carbonyl (C=O) groups is 1. The fourth-order valence-electron chi connectivity index (χ4n) is 2.31. The van der Waals surface area contributed by atoms with Crippen LogP contribution in [-0.2, 0) is 0 Å². The first-order valence-corrected chi connectivity index (χ1v) is 6.70. The average Bonchev–Trinajstić information content (AvgIpc) is 2.36. The Balaban J connectivity index is 2.07. The van der Waals surface area contributed by atoms with Crippen LogP contribution in [0, 0.1) is 0 Å². The summed E-state index contributed by atoms with van der Waals surface area (Å²) in [4.78, 5) is 17.5. The molecule has 1 aromatic heterocycles. The van der Waals surface area contributed by atoms with Crippen molar-refractivity contribution in [1.82, 2.24) is 9.88 Å². The molecule has 2 atom stereocenters. The number of carboxylic acids is 1. The van der Waals surface area contributed by atoms with E-state index in [1.165, 1.54) is 12.3 Å². The molecule has 6 heteroatoms. The third kappa shape index (κ3) is 3.36. The monoisotopic (exact) mass is 283 g/mol. The molecule has 2 unspecified atom stereocenters. The van der Waals surface area contributed by atoms with Gasteiger partial charge in [0.15, 0.2) is 0 Å². The Kier molecular flexibility index (Phi) is 4.27. The van der Waals surface area contributed by atoms with Crippen LogP contribution in [0.4, 0.5) is 5.82 Å². The zero-order chi connectivity index (χ0) is 14.0. The normalized spacial score (nSPS) is 24.2.